The van der Waals surface area contributed by atoms with Crippen molar-refractivity contribution in [2.45, 2.75) is 37.8 Å². The Morgan fingerprint density at radius 3 is 2.33 bits per heavy atom. The monoisotopic (exact) mass is 400 g/mol. The molecule has 2 aromatic rings. The molecule has 0 saturated heterocycles. The molecule has 146 valence electrons. The maximum absolute atomic E-state index is 13.0. The molecule has 0 spiro atoms. The average molecular weight is 400 g/mol. The Hall–Kier alpha value is -2.16. The summed E-state index contributed by atoms with van der Waals surface area (Å²) < 4.78 is 64.8. The van der Waals surface area contributed by atoms with Gasteiger partial charge in [-0.15, -0.1) is 0 Å². The van der Waals surface area contributed by atoms with Gasteiger partial charge in [-0.05, 0) is 49.8 Å². The van der Waals surface area contributed by atoms with Crippen LogP contribution in [0, 0.1) is 19.8 Å². The van der Waals surface area contributed by atoms with Crippen LogP contribution in [0.15, 0.2) is 27.9 Å². The van der Waals surface area contributed by atoms with Crippen LogP contribution in [-0.2, 0) is 23.1 Å². The molecule has 0 amide bonds. The summed E-state index contributed by atoms with van der Waals surface area (Å²) in [7, 11) is -2.45. The number of nitrogens with zero attached hydrogens (tertiary/aromatic N) is 2. The number of hydrogen-bond donors (Lipinski definition) is 0. The second-order valence-electron chi connectivity index (χ2n) is 7.02. The van der Waals surface area contributed by atoms with E-state index in [-0.39, 0.29) is 27.8 Å². The minimum absolute atomic E-state index is 0.0365. The zero-order chi connectivity index (χ0) is 20.1. The van der Waals surface area contributed by atoms with Gasteiger partial charge in [-0.3, -0.25) is 9.48 Å². The Kier molecular flexibility index (Phi) is 4.70. The zero-order valence-corrected chi connectivity index (χ0v) is 15.9. The van der Waals surface area contributed by atoms with Gasteiger partial charge in [-0.2, -0.15) is 18.3 Å². The first-order valence-corrected chi connectivity index (χ1v) is 10.1. The molecule has 1 aromatic carbocycles. The molecule has 0 bridgehead atoms. The van der Waals surface area contributed by atoms with Gasteiger partial charge in [0.1, 0.15) is 11.4 Å². The van der Waals surface area contributed by atoms with Gasteiger partial charge < -0.3 is 0 Å². The summed E-state index contributed by atoms with van der Waals surface area (Å²) in [5, 5.41) is 3.79. The predicted molar refractivity (Wildman–Crippen MR) is 94.2 cm³/mol. The zero-order valence-electron chi connectivity index (χ0n) is 15.1. The Morgan fingerprint density at radius 1 is 1.15 bits per heavy atom. The van der Waals surface area contributed by atoms with E-state index in [0.29, 0.717) is 21.9 Å². The van der Waals surface area contributed by atoms with Gasteiger partial charge in [0.2, 0.25) is 5.43 Å². The van der Waals surface area contributed by atoms with Crippen LogP contribution in [0.4, 0.5) is 13.2 Å². The number of halogens is 3. The van der Waals surface area contributed by atoms with Gasteiger partial charge in [-0.25, -0.2) is 8.42 Å². The van der Waals surface area contributed by atoms with Crippen LogP contribution >= 0.6 is 0 Å². The normalized spacial score (nSPS) is 15.2. The van der Waals surface area contributed by atoms with Crippen LogP contribution in [0.2, 0.25) is 0 Å². The summed E-state index contributed by atoms with van der Waals surface area (Å²) >= 11 is 0. The SMILES string of the molecule is Cc1cc(C)c(S(=O)(=O)CC2CC2)cc1-c1nn(C)c(C(F)(F)F)cc1=O. The molecule has 5 nitrogen and oxygen atoms in total. The highest BCUT2D eigenvalue weighted by atomic mass is 32.2. The molecule has 1 fully saturated rings. The topological polar surface area (TPSA) is 69.0 Å². The van der Waals surface area contributed by atoms with Gasteiger partial charge in [0.15, 0.2) is 9.84 Å². The minimum atomic E-state index is -4.71. The van der Waals surface area contributed by atoms with E-state index in [1.165, 1.54) is 6.07 Å². The highest BCUT2D eigenvalue weighted by Gasteiger charge is 2.35. The Balaban J connectivity index is 2.17. The Bertz CT molecular complexity index is 1070. The van der Waals surface area contributed by atoms with E-state index < -0.39 is 27.1 Å². The Labute approximate surface area is 154 Å². The standard InChI is InChI=1S/C18H19F3N2O3S/c1-10-6-11(2)15(27(25,26)9-12-4-5-12)7-13(10)17-14(24)8-16(18(19,20)21)23(3)22-17/h6-8,12H,4-5,9H2,1-3H3. The average Bonchev–Trinajstić information content (AvgIpc) is 3.31. The van der Waals surface area contributed by atoms with Crippen molar-refractivity contribution in [1.29, 1.82) is 0 Å². The molecule has 0 N–H and O–H groups in total. The van der Waals surface area contributed by atoms with Crippen molar-refractivity contribution in [2.75, 3.05) is 5.75 Å². The summed E-state index contributed by atoms with van der Waals surface area (Å²) in [5.41, 5.74) is -0.932. The third kappa shape index (κ3) is 3.92. The number of rotatable bonds is 4. The molecule has 27 heavy (non-hydrogen) atoms. The van der Waals surface area contributed by atoms with E-state index in [4.69, 9.17) is 0 Å². The van der Waals surface area contributed by atoms with Crippen LogP contribution in [0.5, 0.6) is 0 Å². The minimum Gasteiger partial charge on any atom is -0.287 e. The first kappa shape index (κ1) is 19.6. The van der Waals surface area contributed by atoms with Gasteiger partial charge in [0.25, 0.3) is 0 Å². The van der Waals surface area contributed by atoms with Crippen molar-refractivity contribution >= 4 is 9.84 Å². The van der Waals surface area contributed by atoms with Crippen LogP contribution in [0.3, 0.4) is 0 Å². The molecule has 0 unspecified atom stereocenters. The molecule has 0 radical (unpaired) electrons. The Morgan fingerprint density at radius 2 is 1.78 bits per heavy atom. The molecular weight excluding hydrogens is 381 g/mol. The van der Waals surface area contributed by atoms with E-state index in [1.807, 2.05) is 0 Å². The van der Waals surface area contributed by atoms with Crippen LogP contribution in [0.25, 0.3) is 11.3 Å². The number of alkyl halides is 3. The maximum Gasteiger partial charge on any atom is 0.433 e. The molecule has 1 saturated carbocycles. The van der Waals surface area contributed by atoms with Crippen molar-refractivity contribution < 1.29 is 21.6 Å². The van der Waals surface area contributed by atoms with Crippen molar-refractivity contribution in [2.24, 2.45) is 13.0 Å². The van der Waals surface area contributed by atoms with Crippen LogP contribution < -0.4 is 5.43 Å². The van der Waals surface area contributed by atoms with Crippen molar-refractivity contribution in [1.82, 2.24) is 9.78 Å². The largest absolute Gasteiger partial charge is 0.433 e. The first-order chi connectivity index (χ1) is 12.4. The lowest BCUT2D eigenvalue weighted by Gasteiger charge is -2.15. The van der Waals surface area contributed by atoms with Gasteiger partial charge in [0, 0.05) is 18.7 Å². The lowest BCUT2D eigenvalue weighted by atomic mass is 10.0. The van der Waals surface area contributed by atoms with Gasteiger partial charge in [-0.1, -0.05) is 6.07 Å². The number of aryl methyl sites for hydroxylation is 3. The smallest absolute Gasteiger partial charge is 0.287 e. The quantitative estimate of drug-likeness (QED) is 0.790. The molecule has 0 atom stereocenters. The van der Waals surface area contributed by atoms with E-state index >= 15 is 0 Å². The third-order valence-corrected chi connectivity index (χ3v) is 6.67. The lowest BCUT2D eigenvalue weighted by Crippen LogP contribution is -2.23. The number of aromatic nitrogens is 2. The molecule has 1 aliphatic carbocycles. The predicted octanol–water partition coefficient (Wildman–Crippen LogP) is 3.27. The van der Waals surface area contributed by atoms with Crippen molar-refractivity contribution in [3.8, 4) is 11.3 Å². The summed E-state index contributed by atoms with van der Waals surface area (Å²) in [4.78, 5) is 12.4. The second kappa shape index (κ2) is 6.47. The summed E-state index contributed by atoms with van der Waals surface area (Å²) in [5.74, 6) is 0.186. The fourth-order valence-corrected chi connectivity index (χ4v) is 5.08. The molecule has 3 rings (SSSR count). The summed E-state index contributed by atoms with van der Waals surface area (Å²) in [6, 6.07) is 3.47. The molecule has 9 heteroatoms. The maximum atomic E-state index is 13.0. The second-order valence-corrected chi connectivity index (χ2v) is 9.02. The van der Waals surface area contributed by atoms with Gasteiger partial charge in [0.05, 0.1) is 10.6 Å². The number of sulfone groups is 1. The lowest BCUT2D eigenvalue weighted by molar-refractivity contribution is -0.144. The van der Waals surface area contributed by atoms with E-state index in [1.54, 1.807) is 19.9 Å². The summed E-state index contributed by atoms with van der Waals surface area (Å²) in [6.07, 6.45) is -2.96. The van der Waals surface area contributed by atoms with E-state index in [2.05, 4.69) is 5.10 Å². The fraction of sp³-hybridized carbons (Fsp3) is 0.444. The molecule has 1 heterocycles. The van der Waals surface area contributed by atoms with Crippen LogP contribution in [0.1, 0.15) is 29.7 Å². The van der Waals surface area contributed by atoms with Crippen molar-refractivity contribution in [3.63, 3.8) is 0 Å². The molecule has 0 aliphatic heterocycles. The third-order valence-electron chi connectivity index (χ3n) is 4.65. The van der Waals surface area contributed by atoms with Gasteiger partial charge >= 0.3 is 6.18 Å². The highest BCUT2D eigenvalue weighted by molar-refractivity contribution is 7.91. The number of benzene rings is 1. The number of hydrogen-bond acceptors (Lipinski definition) is 4. The fourth-order valence-electron chi connectivity index (χ4n) is 3.10. The molecule has 1 aromatic heterocycles. The van der Waals surface area contributed by atoms with Crippen LogP contribution in [-0.4, -0.2) is 24.0 Å². The molecular formula is C18H19F3N2O3S. The molecule has 1 aliphatic rings. The van der Waals surface area contributed by atoms with E-state index in [9.17, 15) is 26.4 Å². The van der Waals surface area contributed by atoms with E-state index in [0.717, 1.165) is 19.9 Å². The first-order valence-electron chi connectivity index (χ1n) is 8.40. The highest BCUT2D eigenvalue weighted by Crippen LogP contribution is 2.35. The summed E-state index contributed by atoms with van der Waals surface area (Å²) in [6.45, 7) is 3.33. The van der Waals surface area contributed by atoms with Crippen molar-refractivity contribution in [3.05, 3.63) is 45.2 Å².